The number of benzene rings is 1. The van der Waals surface area contributed by atoms with Crippen molar-refractivity contribution in [3.63, 3.8) is 0 Å². The number of para-hydroxylation sites is 1. The van der Waals surface area contributed by atoms with E-state index in [-0.39, 0.29) is 0 Å². The molecule has 0 radical (unpaired) electrons. The molecule has 0 saturated carbocycles. The Balaban J connectivity index is 1.99. The first-order valence-electron chi connectivity index (χ1n) is 6.67. The van der Waals surface area contributed by atoms with Crippen LogP contribution in [0.5, 0.6) is 0 Å². The van der Waals surface area contributed by atoms with Crippen LogP contribution in [0.4, 0.5) is 0 Å². The van der Waals surface area contributed by atoms with E-state index < -0.39 is 0 Å². The second-order valence-electron chi connectivity index (χ2n) is 4.75. The van der Waals surface area contributed by atoms with Gasteiger partial charge in [0.25, 0.3) is 5.89 Å². The first kappa shape index (κ1) is 12.0. The molecule has 0 saturated heterocycles. The highest BCUT2D eigenvalue weighted by Crippen LogP contribution is 2.26. The molecule has 0 spiro atoms. The molecule has 0 N–H and O–H groups in total. The monoisotopic (exact) mass is 255 g/mol. The predicted octanol–water partition coefficient (Wildman–Crippen LogP) is 3.57. The molecule has 0 aliphatic heterocycles. The summed E-state index contributed by atoms with van der Waals surface area (Å²) in [5.41, 5.74) is 2.14. The third-order valence-electron chi connectivity index (χ3n) is 3.38. The molecule has 4 nitrogen and oxygen atoms in total. The van der Waals surface area contributed by atoms with E-state index in [4.69, 9.17) is 4.42 Å². The molecular weight excluding hydrogens is 238 g/mol. The molecule has 0 bridgehead atoms. The minimum Gasteiger partial charge on any atom is -0.419 e. The van der Waals surface area contributed by atoms with Crippen LogP contribution in [-0.4, -0.2) is 14.8 Å². The number of hydrogen-bond donors (Lipinski definition) is 0. The van der Waals surface area contributed by atoms with Crippen LogP contribution in [0, 0.1) is 0 Å². The molecule has 4 heteroatoms. The summed E-state index contributed by atoms with van der Waals surface area (Å²) in [7, 11) is 2.02. The van der Waals surface area contributed by atoms with Crippen LogP contribution in [0.2, 0.25) is 0 Å². The van der Waals surface area contributed by atoms with Crippen LogP contribution in [-0.2, 0) is 13.5 Å². The molecule has 1 aromatic carbocycles. The standard InChI is InChI=1S/C15H17N3O/c1-3-4-9-14-16-17-15(19-14)13-10-11-7-5-6-8-12(11)18(13)2/h5-8,10H,3-4,9H2,1-2H3. The summed E-state index contributed by atoms with van der Waals surface area (Å²) in [5, 5.41) is 9.46. The average molecular weight is 255 g/mol. The van der Waals surface area contributed by atoms with E-state index in [0.717, 1.165) is 30.8 Å². The molecule has 2 heterocycles. The van der Waals surface area contributed by atoms with Crippen molar-refractivity contribution < 1.29 is 4.42 Å². The minimum absolute atomic E-state index is 0.602. The van der Waals surface area contributed by atoms with Gasteiger partial charge in [0.05, 0.1) is 0 Å². The van der Waals surface area contributed by atoms with E-state index in [1.54, 1.807) is 0 Å². The van der Waals surface area contributed by atoms with Gasteiger partial charge in [0.15, 0.2) is 0 Å². The molecule has 0 fully saturated rings. The number of unbranched alkanes of at least 4 members (excludes halogenated alkanes) is 1. The Labute approximate surface area is 112 Å². The van der Waals surface area contributed by atoms with Crippen molar-refractivity contribution in [3.8, 4) is 11.6 Å². The van der Waals surface area contributed by atoms with E-state index in [9.17, 15) is 0 Å². The van der Waals surface area contributed by atoms with Gasteiger partial charge in [-0.05, 0) is 18.6 Å². The second-order valence-corrected chi connectivity index (χ2v) is 4.75. The van der Waals surface area contributed by atoms with Crippen molar-refractivity contribution in [2.45, 2.75) is 26.2 Å². The highest BCUT2D eigenvalue weighted by molar-refractivity contribution is 5.85. The Morgan fingerprint density at radius 3 is 2.84 bits per heavy atom. The van der Waals surface area contributed by atoms with Crippen LogP contribution < -0.4 is 0 Å². The lowest BCUT2D eigenvalue weighted by Gasteiger charge is -1.99. The van der Waals surface area contributed by atoms with Gasteiger partial charge < -0.3 is 8.98 Å². The van der Waals surface area contributed by atoms with E-state index in [2.05, 4.69) is 39.9 Å². The topological polar surface area (TPSA) is 43.9 Å². The lowest BCUT2D eigenvalue weighted by molar-refractivity contribution is 0.493. The number of fused-ring (bicyclic) bond motifs is 1. The maximum absolute atomic E-state index is 5.74. The van der Waals surface area contributed by atoms with Gasteiger partial charge in [-0.1, -0.05) is 31.5 Å². The van der Waals surface area contributed by atoms with Gasteiger partial charge in [-0.2, -0.15) is 0 Å². The number of hydrogen-bond acceptors (Lipinski definition) is 3. The molecule has 98 valence electrons. The molecule has 2 aromatic heterocycles. The molecular formula is C15H17N3O. The summed E-state index contributed by atoms with van der Waals surface area (Å²) >= 11 is 0. The quantitative estimate of drug-likeness (QED) is 0.715. The van der Waals surface area contributed by atoms with Crippen LogP contribution in [0.15, 0.2) is 34.7 Å². The Kier molecular flexibility index (Phi) is 3.07. The number of aryl methyl sites for hydroxylation is 2. The highest BCUT2D eigenvalue weighted by Gasteiger charge is 2.13. The van der Waals surface area contributed by atoms with Crippen molar-refractivity contribution in [1.29, 1.82) is 0 Å². The van der Waals surface area contributed by atoms with Crippen LogP contribution in [0.25, 0.3) is 22.5 Å². The van der Waals surface area contributed by atoms with Gasteiger partial charge in [0.1, 0.15) is 5.69 Å². The van der Waals surface area contributed by atoms with Crippen molar-refractivity contribution in [2.24, 2.45) is 7.05 Å². The van der Waals surface area contributed by atoms with E-state index in [1.807, 2.05) is 19.2 Å². The average Bonchev–Trinajstić information content (AvgIpc) is 3.02. The summed E-state index contributed by atoms with van der Waals surface area (Å²) in [5.74, 6) is 1.33. The molecule has 0 amide bonds. The fourth-order valence-corrected chi connectivity index (χ4v) is 2.28. The van der Waals surface area contributed by atoms with E-state index in [0.29, 0.717) is 5.89 Å². The fourth-order valence-electron chi connectivity index (χ4n) is 2.28. The summed E-state index contributed by atoms with van der Waals surface area (Å²) in [4.78, 5) is 0. The molecule has 19 heavy (non-hydrogen) atoms. The zero-order chi connectivity index (χ0) is 13.2. The van der Waals surface area contributed by atoms with Gasteiger partial charge in [-0.3, -0.25) is 0 Å². The molecule has 0 atom stereocenters. The maximum Gasteiger partial charge on any atom is 0.264 e. The first-order chi connectivity index (χ1) is 9.29. The maximum atomic E-state index is 5.74. The molecule has 0 aliphatic rings. The summed E-state index contributed by atoms with van der Waals surface area (Å²) < 4.78 is 7.83. The zero-order valence-electron chi connectivity index (χ0n) is 11.3. The van der Waals surface area contributed by atoms with Crippen molar-refractivity contribution in [2.75, 3.05) is 0 Å². The van der Waals surface area contributed by atoms with Gasteiger partial charge in [0, 0.05) is 24.4 Å². The van der Waals surface area contributed by atoms with Crippen LogP contribution in [0.1, 0.15) is 25.7 Å². The lowest BCUT2D eigenvalue weighted by Crippen LogP contribution is -1.90. The third kappa shape index (κ3) is 2.14. The van der Waals surface area contributed by atoms with Gasteiger partial charge in [0.2, 0.25) is 5.89 Å². The molecule has 3 rings (SSSR count). The fraction of sp³-hybridized carbons (Fsp3) is 0.333. The molecule has 0 aliphatic carbocycles. The number of nitrogens with zero attached hydrogens (tertiary/aromatic N) is 3. The summed E-state index contributed by atoms with van der Waals surface area (Å²) in [6, 6.07) is 10.3. The second kappa shape index (κ2) is 4.88. The van der Waals surface area contributed by atoms with E-state index >= 15 is 0 Å². The van der Waals surface area contributed by atoms with Gasteiger partial charge in [-0.15, -0.1) is 10.2 Å². The number of aromatic nitrogens is 3. The molecule has 3 aromatic rings. The van der Waals surface area contributed by atoms with Gasteiger partial charge >= 0.3 is 0 Å². The van der Waals surface area contributed by atoms with Crippen LogP contribution >= 0.6 is 0 Å². The molecule has 0 unspecified atom stereocenters. The Morgan fingerprint density at radius 1 is 1.21 bits per heavy atom. The summed E-state index contributed by atoms with van der Waals surface area (Å²) in [6.45, 7) is 2.15. The minimum atomic E-state index is 0.602. The van der Waals surface area contributed by atoms with Crippen molar-refractivity contribution in [3.05, 3.63) is 36.2 Å². The van der Waals surface area contributed by atoms with Crippen LogP contribution in [0.3, 0.4) is 0 Å². The smallest absolute Gasteiger partial charge is 0.264 e. The van der Waals surface area contributed by atoms with Crippen molar-refractivity contribution >= 4 is 10.9 Å². The Bertz CT molecular complexity index is 696. The van der Waals surface area contributed by atoms with Crippen molar-refractivity contribution in [1.82, 2.24) is 14.8 Å². The zero-order valence-corrected chi connectivity index (χ0v) is 11.3. The highest BCUT2D eigenvalue weighted by atomic mass is 16.4. The normalized spacial score (nSPS) is 11.3. The summed E-state index contributed by atoms with van der Waals surface area (Å²) in [6.07, 6.45) is 3.07. The lowest BCUT2D eigenvalue weighted by atomic mass is 10.2. The SMILES string of the molecule is CCCCc1nnc(-c2cc3ccccc3n2C)o1. The van der Waals surface area contributed by atoms with E-state index in [1.165, 1.54) is 10.9 Å². The first-order valence-corrected chi connectivity index (χ1v) is 6.67. The van der Waals surface area contributed by atoms with Gasteiger partial charge in [-0.25, -0.2) is 0 Å². The Morgan fingerprint density at radius 2 is 2.05 bits per heavy atom. The largest absolute Gasteiger partial charge is 0.419 e. The third-order valence-corrected chi connectivity index (χ3v) is 3.38. The predicted molar refractivity (Wildman–Crippen MR) is 74.8 cm³/mol. The Hall–Kier alpha value is -2.10. The number of rotatable bonds is 4.